The zero-order valence-electron chi connectivity index (χ0n) is 11.3. The second-order valence-corrected chi connectivity index (χ2v) is 4.70. The third-order valence-electron chi connectivity index (χ3n) is 3.08. The molecule has 106 valence electrons. The molecule has 1 rings (SSSR count). The number of carbonyl (C=O) groups excluding carboxylic acids is 1. The molecule has 0 aromatic carbocycles. The van der Waals surface area contributed by atoms with Crippen molar-refractivity contribution in [2.75, 3.05) is 26.2 Å². The minimum Gasteiger partial charge on any atom is -0.480 e. The first kappa shape index (κ1) is 15.4. The summed E-state index contributed by atoms with van der Waals surface area (Å²) >= 11 is 0. The summed E-state index contributed by atoms with van der Waals surface area (Å²) in [4.78, 5) is 24.1. The number of aliphatic carboxylic acids is 1. The van der Waals surface area contributed by atoms with Gasteiger partial charge in [0.1, 0.15) is 0 Å². The molecule has 19 heavy (non-hydrogen) atoms. The summed E-state index contributed by atoms with van der Waals surface area (Å²) < 4.78 is 0. The van der Waals surface area contributed by atoms with E-state index in [0.717, 1.165) is 19.4 Å². The van der Waals surface area contributed by atoms with E-state index in [2.05, 4.69) is 5.32 Å². The largest absolute Gasteiger partial charge is 0.480 e. The van der Waals surface area contributed by atoms with Gasteiger partial charge in [-0.15, -0.1) is 0 Å². The number of piperidine rings is 1. The van der Waals surface area contributed by atoms with Crippen molar-refractivity contribution in [2.45, 2.75) is 19.8 Å². The summed E-state index contributed by atoms with van der Waals surface area (Å²) in [6.45, 7) is 4.01. The topological polar surface area (TPSA) is 69.6 Å². The monoisotopic (exact) mass is 266 g/mol. The van der Waals surface area contributed by atoms with Gasteiger partial charge in [0.25, 0.3) is 0 Å². The second-order valence-electron chi connectivity index (χ2n) is 4.70. The van der Waals surface area contributed by atoms with E-state index in [0.29, 0.717) is 19.0 Å². The van der Waals surface area contributed by atoms with Gasteiger partial charge >= 0.3 is 5.97 Å². The third kappa shape index (κ3) is 6.20. The van der Waals surface area contributed by atoms with Gasteiger partial charge < -0.3 is 15.3 Å². The van der Waals surface area contributed by atoms with Crippen LogP contribution in [0.25, 0.3) is 0 Å². The highest BCUT2D eigenvalue weighted by Gasteiger charge is 2.22. The zero-order valence-corrected chi connectivity index (χ0v) is 11.3. The Kier molecular flexibility index (Phi) is 6.89. The fourth-order valence-electron chi connectivity index (χ4n) is 2.17. The molecule has 5 heteroatoms. The fraction of sp³-hybridized carbons (Fsp3) is 0.571. The van der Waals surface area contributed by atoms with Crippen molar-refractivity contribution < 1.29 is 14.7 Å². The van der Waals surface area contributed by atoms with Crippen molar-refractivity contribution in [1.29, 1.82) is 0 Å². The number of carbonyl (C=O) groups is 2. The summed E-state index contributed by atoms with van der Waals surface area (Å²) in [6, 6.07) is 0. The maximum atomic E-state index is 11.9. The van der Waals surface area contributed by atoms with Gasteiger partial charge in [0.05, 0.1) is 6.54 Å². The van der Waals surface area contributed by atoms with E-state index in [1.807, 2.05) is 24.0 Å². The van der Waals surface area contributed by atoms with Gasteiger partial charge in [-0.05, 0) is 25.7 Å². The number of nitrogens with one attached hydrogen (secondary N) is 1. The summed E-state index contributed by atoms with van der Waals surface area (Å²) in [5.74, 6) is -0.480. The summed E-state index contributed by atoms with van der Waals surface area (Å²) in [5.41, 5.74) is 0. The molecule has 1 aliphatic rings. The van der Waals surface area contributed by atoms with Crippen LogP contribution in [0.5, 0.6) is 0 Å². The van der Waals surface area contributed by atoms with E-state index >= 15 is 0 Å². The number of carboxylic acid groups (broad SMARTS) is 1. The number of likely N-dealkylation sites (tertiary alicyclic amines) is 1. The standard InChI is InChI=1S/C14H22N2O3/c1-2-3-4-7-13(17)16-8-5-6-12(11-16)9-15-10-14(18)19/h2-4,7,12,15H,5-6,8-11H2,1H3,(H,18,19). The van der Waals surface area contributed by atoms with Crippen LogP contribution in [0, 0.1) is 5.92 Å². The Morgan fingerprint density at radius 3 is 2.89 bits per heavy atom. The van der Waals surface area contributed by atoms with Crippen molar-refractivity contribution >= 4 is 11.9 Å². The molecule has 1 aliphatic heterocycles. The van der Waals surface area contributed by atoms with Crippen molar-refractivity contribution in [1.82, 2.24) is 10.2 Å². The van der Waals surface area contributed by atoms with E-state index in [1.165, 1.54) is 0 Å². The Morgan fingerprint density at radius 1 is 1.42 bits per heavy atom. The van der Waals surface area contributed by atoms with Gasteiger partial charge in [0.2, 0.25) is 5.91 Å². The number of hydrogen-bond donors (Lipinski definition) is 2. The van der Waals surface area contributed by atoms with Gasteiger partial charge in [-0.3, -0.25) is 9.59 Å². The smallest absolute Gasteiger partial charge is 0.317 e. The maximum absolute atomic E-state index is 11.9. The van der Waals surface area contributed by atoms with Crippen molar-refractivity contribution in [3.8, 4) is 0 Å². The molecule has 1 amide bonds. The fourth-order valence-corrected chi connectivity index (χ4v) is 2.17. The number of allylic oxidation sites excluding steroid dienone is 3. The predicted octanol–water partition coefficient (Wildman–Crippen LogP) is 1.03. The van der Waals surface area contributed by atoms with E-state index in [9.17, 15) is 9.59 Å². The highest BCUT2D eigenvalue weighted by atomic mass is 16.4. The number of amides is 1. The van der Waals surface area contributed by atoms with Crippen LogP contribution in [-0.2, 0) is 9.59 Å². The SMILES string of the molecule is CC=CC=CC(=O)N1CCCC(CNCC(=O)O)C1. The average molecular weight is 266 g/mol. The summed E-state index contributed by atoms with van der Waals surface area (Å²) in [6.07, 6.45) is 9.03. The molecule has 0 aliphatic carbocycles. The van der Waals surface area contributed by atoms with Crippen molar-refractivity contribution in [3.05, 3.63) is 24.3 Å². The van der Waals surface area contributed by atoms with Gasteiger partial charge in [-0.25, -0.2) is 0 Å². The van der Waals surface area contributed by atoms with Gasteiger partial charge in [0.15, 0.2) is 0 Å². The number of rotatable bonds is 6. The summed E-state index contributed by atoms with van der Waals surface area (Å²) in [7, 11) is 0. The molecule has 0 saturated carbocycles. The lowest BCUT2D eigenvalue weighted by atomic mass is 9.98. The zero-order chi connectivity index (χ0) is 14.1. The van der Waals surface area contributed by atoms with Gasteiger partial charge in [-0.2, -0.15) is 0 Å². The molecule has 0 bridgehead atoms. The average Bonchev–Trinajstić information content (AvgIpc) is 2.39. The van der Waals surface area contributed by atoms with Gasteiger partial charge in [-0.1, -0.05) is 18.2 Å². The lowest BCUT2D eigenvalue weighted by Gasteiger charge is -2.32. The molecule has 1 heterocycles. The Morgan fingerprint density at radius 2 is 2.21 bits per heavy atom. The Balaban J connectivity index is 2.36. The van der Waals surface area contributed by atoms with Crippen LogP contribution >= 0.6 is 0 Å². The molecule has 0 spiro atoms. The molecule has 0 radical (unpaired) electrons. The Hall–Kier alpha value is -1.62. The lowest BCUT2D eigenvalue weighted by Crippen LogP contribution is -2.42. The molecule has 1 atom stereocenters. The van der Waals surface area contributed by atoms with Crippen molar-refractivity contribution in [2.24, 2.45) is 5.92 Å². The molecule has 0 aromatic rings. The minimum absolute atomic E-state index is 0.0222. The lowest BCUT2D eigenvalue weighted by molar-refractivity contribution is -0.136. The quantitative estimate of drug-likeness (QED) is 0.556. The first-order chi connectivity index (χ1) is 9.13. The van der Waals surface area contributed by atoms with Crippen LogP contribution in [-0.4, -0.2) is 48.1 Å². The molecular formula is C14H22N2O3. The maximum Gasteiger partial charge on any atom is 0.317 e. The summed E-state index contributed by atoms with van der Waals surface area (Å²) in [5, 5.41) is 11.5. The minimum atomic E-state index is -0.849. The van der Waals surface area contributed by atoms with Crippen LogP contribution in [0.15, 0.2) is 24.3 Å². The van der Waals surface area contributed by atoms with E-state index in [-0.39, 0.29) is 12.5 Å². The third-order valence-corrected chi connectivity index (χ3v) is 3.08. The van der Waals surface area contributed by atoms with Gasteiger partial charge in [0, 0.05) is 25.7 Å². The first-order valence-corrected chi connectivity index (χ1v) is 6.64. The molecule has 1 unspecified atom stereocenters. The molecule has 2 N–H and O–H groups in total. The normalized spacial score (nSPS) is 20.3. The van der Waals surface area contributed by atoms with Crippen LogP contribution in [0.2, 0.25) is 0 Å². The van der Waals surface area contributed by atoms with Crippen LogP contribution in [0.1, 0.15) is 19.8 Å². The molecule has 1 fully saturated rings. The van der Waals surface area contributed by atoms with Crippen molar-refractivity contribution in [3.63, 3.8) is 0 Å². The molecule has 5 nitrogen and oxygen atoms in total. The van der Waals surface area contributed by atoms with Crippen LogP contribution in [0.4, 0.5) is 0 Å². The Labute approximate surface area is 114 Å². The Bertz CT molecular complexity index is 364. The number of hydrogen-bond acceptors (Lipinski definition) is 3. The highest BCUT2D eigenvalue weighted by molar-refractivity contribution is 5.87. The molecule has 0 aromatic heterocycles. The van der Waals surface area contributed by atoms with Crippen LogP contribution < -0.4 is 5.32 Å². The number of carboxylic acids is 1. The molecular weight excluding hydrogens is 244 g/mol. The van der Waals surface area contributed by atoms with E-state index < -0.39 is 5.97 Å². The first-order valence-electron chi connectivity index (χ1n) is 6.64. The van der Waals surface area contributed by atoms with E-state index in [1.54, 1.807) is 12.2 Å². The highest BCUT2D eigenvalue weighted by Crippen LogP contribution is 2.16. The second kappa shape index (κ2) is 8.48. The number of nitrogens with zero attached hydrogens (tertiary/aromatic N) is 1. The predicted molar refractivity (Wildman–Crippen MR) is 73.8 cm³/mol. The van der Waals surface area contributed by atoms with Crippen LogP contribution in [0.3, 0.4) is 0 Å². The molecule has 1 saturated heterocycles. The van der Waals surface area contributed by atoms with E-state index in [4.69, 9.17) is 5.11 Å².